The molecular weight excluding hydrogens is 853 g/mol. The van der Waals surface area contributed by atoms with Crippen molar-refractivity contribution in [3.63, 3.8) is 0 Å². The third-order valence-corrected chi connectivity index (χ3v) is 12.1. The second-order valence-corrected chi connectivity index (χ2v) is 18.8. The van der Waals surface area contributed by atoms with Crippen LogP contribution in [0.3, 0.4) is 0 Å². The highest BCUT2D eigenvalue weighted by molar-refractivity contribution is 5.71. The van der Waals surface area contributed by atoms with Gasteiger partial charge in [0.25, 0.3) is 0 Å². The molecule has 0 aliphatic heterocycles. The van der Waals surface area contributed by atoms with Crippen molar-refractivity contribution in [1.29, 1.82) is 0 Å². The van der Waals surface area contributed by atoms with Crippen molar-refractivity contribution in [3.8, 4) is 0 Å². The van der Waals surface area contributed by atoms with Crippen LogP contribution in [0.5, 0.6) is 0 Å². The fourth-order valence-corrected chi connectivity index (χ4v) is 7.73. The second-order valence-electron chi connectivity index (χ2n) is 18.8. The number of allylic oxidation sites excluding steroid dienone is 16. The first kappa shape index (κ1) is 65.3. The third kappa shape index (κ3) is 55.1. The standard InChI is InChI=1S/C63H106O6/c1-4-7-10-13-16-19-22-25-28-30-31-33-36-39-42-45-48-51-54-57-63(66)69-60(58-67-61(64)55-52-49-46-43-40-37-34-27-24-21-18-15-12-9-6-3)59-68-62(65)56-53-50-47-44-41-38-35-32-29-26-23-20-17-14-11-8-5-2/h16-17,19-20,25-26,28-29,31,33,35,38-39,42,48,51,60H,4-15,18,21-24,27,30,32,34,36-37,40-41,43-47,49-50,52-59H2,1-3H3/b19-16-,20-17-,28-25-,29-26-,33-31-,38-35-,42-39-,51-48-/t60-/m0/s1. The highest BCUT2D eigenvalue weighted by atomic mass is 16.6. The maximum atomic E-state index is 12.8. The van der Waals surface area contributed by atoms with Crippen molar-refractivity contribution >= 4 is 17.9 Å². The number of carbonyl (C=O) groups excluding carboxylic acids is 3. The van der Waals surface area contributed by atoms with Crippen molar-refractivity contribution in [2.45, 2.75) is 271 Å². The summed E-state index contributed by atoms with van der Waals surface area (Å²) in [4.78, 5) is 38.1. The molecule has 0 aromatic rings. The normalized spacial score (nSPS) is 12.8. The second kappa shape index (κ2) is 56.9. The summed E-state index contributed by atoms with van der Waals surface area (Å²) in [6.07, 6.45) is 75.4. The molecule has 0 aromatic heterocycles. The molecule has 6 heteroatoms. The van der Waals surface area contributed by atoms with Gasteiger partial charge in [-0.15, -0.1) is 0 Å². The molecule has 0 saturated carbocycles. The number of carbonyl (C=O) groups is 3. The predicted molar refractivity (Wildman–Crippen MR) is 297 cm³/mol. The third-order valence-electron chi connectivity index (χ3n) is 12.1. The maximum Gasteiger partial charge on any atom is 0.306 e. The van der Waals surface area contributed by atoms with Gasteiger partial charge in [0.2, 0.25) is 0 Å². The van der Waals surface area contributed by atoms with Gasteiger partial charge in [0, 0.05) is 19.3 Å². The number of rotatable bonds is 51. The molecule has 0 radical (unpaired) electrons. The Balaban J connectivity index is 4.54. The summed E-state index contributed by atoms with van der Waals surface area (Å²) >= 11 is 0. The van der Waals surface area contributed by atoms with Crippen molar-refractivity contribution in [3.05, 3.63) is 97.2 Å². The zero-order valence-corrected chi connectivity index (χ0v) is 45.0. The summed E-state index contributed by atoms with van der Waals surface area (Å²) in [5, 5.41) is 0. The number of hydrogen-bond donors (Lipinski definition) is 0. The average molecular weight is 960 g/mol. The van der Waals surface area contributed by atoms with E-state index in [2.05, 4.69) is 112 Å². The van der Waals surface area contributed by atoms with Gasteiger partial charge in [0.1, 0.15) is 13.2 Å². The highest BCUT2D eigenvalue weighted by Crippen LogP contribution is 2.15. The van der Waals surface area contributed by atoms with Crippen LogP contribution in [0.15, 0.2) is 97.2 Å². The van der Waals surface area contributed by atoms with Crippen LogP contribution < -0.4 is 0 Å². The molecule has 0 aromatic carbocycles. The van der Waals surface area contributed by atoms with Crippen molar-refractivity contribution in [1.82, 2.24) is 0 Å². The van der Waals surface area contributed by atoms with Crippen LogP contribution in [0.4, 0.5) is 0 Å². The number of esters is 3. The van der Waals surface area contributed by atoms with E-state index in [-0.39, 0.29) is 31.6 Å². The van der Waals surface area contributed by atoms with Gasteiger partial charge in [-0.1, -0.05) is 246 Å². The van der Waals surface area contributed by atoms with E-state index in [4.69, 9.17) is 14.2 Å². The molecular formula is C63H106O6. The molecule has 0 aliphatic carbocycles. The Morgan fingerprint density at radius 3 is 0.899 bits per heavy atom. The summed E-state index contributed by atoms with van der Waals surface area (Å²) in [6.45, 7) is 6.51. The van der Waals surface area contributed by atoms with Gasteiger partial charge in [-0.25, -0.2) is 0 Å². The minimum atomic E-state index is -0.826. The maximum absolute atomic E-state index is 12.8. The van der Waals surface area contributed by atoms with E-state index < -0.39 is 12.1 Å². The van der Waals surface area contributed by atoms with E-state index in [1.807, 2.05) is 6.08 Å². The van der Waals surface area contributed by atoms with Crippen LogP contribution in [0, 0.1) is 0 Å². The number of unbranched alkanes of at least 4 members (excludes halogenated alkanes) is 24. The Hall–Kier alpha value is -3.67. The Morgan fingerprint density at radius 2 is 0.551 bits per heavy atom. The fraction of sp³-hybridized carbons (Fsp3) is 0.698. The molecule has 69 heavy (non-hydrogen) atoms. The van der Waals surface area contributed by atoms with Gasteiger partial charge >= 0.3 is 17.9 Å². The zero-order chi connectivity index (χ0) is 50.0. The summed E-state index contributed by atoms with van der Waals surface area (Å²) in [5.74, 6) is -1.01. The highest BCUT2D eigenvalue weighted by Gasteiger charge is 2.19. The smallest absolute Gasteiger partial charge is 0.306 e. The van der Waals surface area contributed by atoms with E-state index in [1.165, 1.54) is 128 Å². The van der Waals surface area contributed by atoms with Gasteiger partial charge in [0.05, 0.1) is 0 Å². The molecule has 0 bridgehead atoms. The molecule has 6 nitrogen and oxygen atoms in total. The lowest BCUT2D eigenvalue weighted by molar-refractivity contribution is -0.166. The molecule has 0 heterocycles. The largest absolute Gasteiger partial charge is 0.462 e. The van der Waals surface area contributed by atoms with Gasteiger partial charge < -0.3 is 14.2 Å². The summed E-state index contributed by atoms with van der Waals surface area (Å²) < 4.78 is 16.8. The molecule has 0 rings (SSSR count). The van der Waals surface area contributed by atoms with Crippen LogP contribution in [0.25, 0.3) is 0 Å². The molecule has 0 unspecified atom stereocenters. The van der Waals surface area contributed by atoms with E-state index in [0.717, 1.165) is 89.9 Å². The van der Waals surface area contributed by atoms with Gasteiger partial charge in [-0.3, -0.25) is 14.4 Å². The molecule has 0 saturated heterocycles. The van der Waals surface area contributed by atoms with Gasteiger partial charge in [0.15, 0.2) is 6.10 Å². The zero-order valence-electron chi connectivity index (χ0n) is 45.0. The summed E-state index contributed by atoms with van der Waals surface area (Å²) in [7, 11) is 0. The lowest BCUT2D eigenvalue weighted by Gasteiger charge is -2.18. The molecule has 0 fully saturated rings. The lowest BCUT2D eigenvalue weighted by Crippen LogP contribution is -2.30. The lowest BCUT2D eigenvalue weighted by atomic mass is 10.0. The van der Waals surface area contributed by atoms with Crippen LogP contribution in [-0.4, -0.2) is 37.2 Å². The summed E-state index contributed by atoms with van der Waals surface area (Å²) in [6, 6.07) is 0. The average Bonchev–Trinajstić information content (AvgIpc) is 3.35. The minimum Gasteiger partial charge on any atom is -0.462 e. The van der Waals surface area contributed by atoms with Crippen molar-refractivity contribution in [2.24, 2.45) is 0 Å². The van der Waals surface area contributed by atoms with Gasteiger partial charge in [-0.05, 0) is 96.3 Å². The Kier molecular flexibility index (Phi) is 53.9. The van der Waals surface area contributed by atoms with E-state index in [1.54, 1.807) is 0 Å². The monoisotopic (exact) mass is 959 g/mol. The molecule has 1 atom stereocenters. The van der Waals surface area contributed by atoms with E-state index >= 15 is 0 Å². The first-order chi connectivity index (χ1) is 34.0. The number of hydrogen-bond acceptors (Lipinski definition) is 6. The topological polar surface area (TPSA) is 78.9 Å². The minimum absolute atomic E-state index is 0.113. The molecule has 0 N–H and O–H groups in total. The van der Waals surface area contributed by atoms with Crippen LogP contribution in [-0.2, 0) is 28.6 Å². The summed E-state index contributed by atoms with van der Waals surface area (Å²) in [5.41, 5.74) is 0. The van der Waals surface area contributed by atoms with Crippen LogP contribution >= 0.6 is 0 Å². The Morgan fingerprint density at radius 1 is 0.290 bits per heavy atom. The van der Waals surface area contributed by atoms with E-state index in [9.17, 15) is 14.4 Å². The quantitative estimate of drug-likeness (QED) is 0.0262. The van der Waals surface area contributed by atoms with Gasteiger partial charge in [-0.2, -0.15) is 0 Å². The number of ether oxygens (including phenoxy) is 3. The fourth-order valence-electron chi connectivity index (χ4n) is 7.73. The Bertz CT molecular complexity index is 1380. The molecule has 0 aliphatic rings. The van der Waals surface area contributed by atoms with Crippen LogP contribution in [0.2, 0.25) is 0 Å². The molecule has 394 valence electrons. The van der Waals surface area contributed by atoms with Crippen molar-refractivity contribution < 1.29 is 28.6 Å². The predicted octanol–water partition coefficient (Wildman–Crippen LogP) is 19.3. The SMILES string of the molecule is CCCCC/C=C\C/C=C\C/C=C\C/C=C\C/C=C\CCC(=O)O[C@H](COC(=O)CCCCCC/C=C\C/C=C\C/C=C\CCCCC)COC(=O)CCCCCCCCCCCCCCCCC. The molecule has 0 amide bonds. The van der Waals surface area contributed by atoms with E-state index in [0.29, 0.717) is 19.3 Å². The van der Waals surface area contributed by atoms with Crippen LogP contribution in [0.1, 0.15) is 265 Å². The first-order valence-corrected chi connectivity index (χ1v) is 28.7. The first-order valence-electron chi connectivity index (χ1n) is 28.7. The Labute approximate surface area is 426 Å². The van der Waals surface area contributed by atoms with Crippen molar-refractivity contribution in [2.75, 3.05) is 13.2 Å². The molecule has 0 spiro atoms.